The van der Waals surface area contributed by atoms with Crippen molar-refractivity contribution in [2.45, 2.75) is 18.4 Å². The first-order valence-electron chi connectivity index (χ1n) is 4.31. The van der Waals surface area contributed by atoms with Gasteiger partial charge < -0.3 is 5.11 Å². The highest BCUT2D eigenvalue weighted by molar-refractivity contribution is 5.74. The number of hydrogen-bond donors (Lipinski definition) is 2. The Hall–Kier alpha value is -1.42. The number of nitrogens with one attached hydrogen (secondary N) is 1. The SMILES string of the molecule is OC1(c2ccc3n[nH]nc3c2)CC1. The Morgan fingerprint density at radius 1 is 1.23 bits per heavy atom. The van der Waals surface area contributed by atoms with E-state index in [1.165, 1.54) is 0 Å². The van der Waals surface area contributed by atoms with Gasteiger partial charge in [0, 0.05) is 0 Å². The fraction of sp³-hybridized carbons (Fsp3) is 0.333. The lowest BCUT2D eigenvalue weighted by Crippen LogP contribution is -2.03. The molecule has 0 amide bonds. The first-order valence-corrected chi connectivity index (χ1v) is 4.31. The molecule has 1 heterocycles. The molecule has 3 rings (SSSR count). The zero-order valence-corrected chi connectivity index (χ0v) is 6.99. The predicted molar refractivity (Wildman–Crippen MR) is 47.0 cm³/mol. The maximum Gasteiger partial charge on any atom is 0.113 e. The molecule has 0 spiro atoms. The third-order valence-corrected chi connectivity index (χ3v) is 2.58. The van der Waals surface area contributed by atoms with E-state index in [2.05, 4.69) is 15.4 Å². The van der Waals surface area contributed by atoms with E-state index < -0.39 is 5.60 Å². The number of H-pyrrole nitrogens is 1. The number of fused-ring (bicyclic) bond motifs is 1. The molecular weight excluding hydrogens is 166 g/mol. The molecule has 1 aromatic heterocycles. The van der Waals surface area contributed by atoms with E-state index in [0.29, 0.717) is 0 Å². The predicted octanol–water partition coefficient (Wildman–Crippen LogP) is 0.939. The minimum Gasteiger partial charge on any atom is -0.385 e. The van der Waals surface area contributed by atoms with Gasteiger partial charge in [0.1, 0.15) is 11.0 Å². The topological polar surface area (TPSA) is 61.8 Å². The highest BCUT2D eigenvalue weighted by Gasteiger charge is 2.42. The summed E-state index contributed by atoms with van der Waals surface area (Å²) in [5, 5.41) is 20.3. The van der Waals surface area contributed by atoms with Crippen LogP contribution in [0.1, 0.15) is 18.4 Å². The monoisotopic (exact) mass is 175 g/mol. The number of aromatic nitrogens is 3. The summed E-state index contributed by atoms with van der Waals surface area (Å²) in [5.41, 5.74) is 2.03. The maximum atomic E-state index is 9.84. The molecule has 0 saturated heterocycles. The van der Waals surface area contributed by atoms with Crippen molar-refractivity contribution >= 4 is 11.0 Å². The number of benzene rings is 1. The van der Waals surface area contributed by atoms with Gasteiger partial charge in [-0.3, -0.25) is 0 Å². The molecule has 1 saturated carbocycles. The van der Waals surface area contributed by atoms with Crippen LogP contribution in [0.5, 0.6) is 0 Å². The number of hydrogen-bond acceptors (Lipinski definition) is 3. The van der Waals surface area contributed by atoms with Crippen molar-refractivity contribution in [1.82, 2.24) is 15.4 Å². The standard InChI is InChI=1S/C9H9N3O/c13-9(3-4-9)6-1-2-7-8(5-6)11-12-10-7/h1-2,5,13H,3-4H2,(H,10,11,12). The number of aromatic amines is 1. The Morgan fingerprint density at radius 2 is 2.00 bits per heavy atom. The molecule has 1 aromatic carbocycles. The fourth-order valence-electron chi connectivity index (χ4n) is 1.54. The molecule has 0 bridgehead atoms. The highest BCUT2D eigenvalue weighted by atomic mass is 16.3. The summed E-state index contributed by atoms with van der Waals surface area (Å²) in [6.07, 6.45) is 1.71. The summed E-state index contributed by atoms with van der Waals surface area (Å²) in [6.45, 7) is 0. The van der Waals surface area contributed by atoms with Crippen molar-refractivity contribution in [3.63, 3.8) is 0 Å². The number of aliphatic hydroxyl groups is 1. The van der Waals surface area contributed by atoms with Gasteiger partial charge in [-0.05, 0) is 30.5 Å². The Bertz CT molecular complexity index is 459. The largest absolute Gasteiger partial charge is 0.385 e. The summed E-state index contributed by atoms with van der Waals surface area (Å²) in [4.78, 5) is 0. The Morgan fingerprint density at radius 3 is 2.77 bits per heavy atom. The van der Waals surface area contributed by atoms with Crippen LogP contribution in [0.15, 0.2) is 18.2 Å². The van der Waals surface area contributed by atoms with Gasteiger partial charge in [0.25, 0.3) is 0 Å². The quantitative estimate of drug-likeness (QED) is 0.678. The van der Waals surface area contributed by atoms with Crippen LogP contribution in [-0.2, 0) is 5.60 Å². The van der Waals surface area contributed by atoms with Crippen molar-refractivity contribution in [1.29, 1.82) is 0 Å². The molecule has 1 aliphatic carbocycles. The van der Waals surface area contributed by atoms with E-state index in [9.17, 15) is 5.11 Å². The average Bonchev–Trinajstić information content (AvgIpc) is 2.74. The molecule has 2 N–H and O–H groups in total. The van der Waals surface area contributed by atoms with Gasteiger partial charge >= 0.3 is 0 Å². The number of nitrogens with zero attached hydrogens (tertiary/aromatic N) is 2. The van der Waals surface area contributed by atoms with Crippen molar-refractivity contribution in [2.24, 2.45) is 0 Å². The van der Waals surface area contributed by atoms with Crippen LogP contribution in [0.4, 0.5) is 0 Å². The normalized spacial score (nSPS) is 19.2. The minimum absolute atomic E-state index is 0.576. The van der Waals surface area contributed by atoms with E-state index in [1.807, 2.05) is 18.2 Å². The molecule has 0 aliphatic heterocycles. The minimum atomic E-state index is -0.576. The van der Waals surface area contributed by atoms with Gasteiger partial charge in [0.15, 0.2) is 0 Å². The summed E-state index contributed by atoms with van der Waals surface area (Å²) in [7, 11) is 0. The zero-order chi connectivity index (χ0) is 8.89. The van der Waals surface area contributed by atoms with Crippen LogP contribution < -0.4 is 0 Å². The summed E-state index contributed by atoms with van der Waals surface area (Å²) in [5.74, 6) is 0. The fourth-order valence-corrected chi connectivity index (χ4v) is 1.54. The van der Waals surface area contributed by atoms with Crippen molar-refractivity contribution in [3.8, 4) is 0 Å². The molecule has 66 valence electrons. The second-order valence-electron chi connectivity index (χ2n) is 3.56. The summed E-state index contributed by atoms with van der Waals surface area (Å²) in [6, 6.07) is 5.69. The van der Waals surface area contributed by atoms with Crippen LogP contribution in [0.3, 0.4) is 0 Å². The second-order valence-corrected chi connectivity index (χ2v) is 3.56. The molecule has 0 atom stereocenters. The molecule has 1 aliphatic rings. The molecule has 2 aromatic rings. The third-order valence-electron chi connectivity index (χ3n) is 2.58. The van der Waals surface area contributed by atoms with Crippen LogP contribution in [0.2, 0.25) is 0 Å². The van der Waals surface area contributed by atoms with Crippen LogP contribution in [-0.4, -0.2) is 20.5 Å². The molecule has 13 heavy (non-hydrogen) atoms. The van der Waals surface area contributed by atoms with Gasteiger partial charge in [-0.25, -0.2) is 0 Å². The summed E-state index contributed by atoms with van der Waals surface area (Å²) < 4.78 is 0. The average molecular weight is 175 g/mol. The lowest BCUT2D eigenvalue weighted by Gasteiger charge is -2.06. The molecule has 0 radical (unpaired) electrons. The van der Waals surface area contributed by atoms with E-state index in [1.54, 1.807) is 0 Å². The molecule has 4 heteroatoms. The van der Waals surface area contributed by atoms with Gasteiger partial charge in [0.05, 0.1) is 5.60 Å². The second kappa shape index (κ2) is 2.09. The molecule has 4 nitrogen and oxygen atoms in total. The van der Waals surface area contributed by atoms with E-state index in [4.69, 9.17) is 0 Å². The smallest absolute Gasteiger partial charge is 0.113 e. The van der Waals surface area contributed by atoms with Crippen LogP contribution >= 0.6 is 0 Å². The first kappa shape index (κ1) is 7.03. The molecular formula is C9H9N3O. The van der Waals surface area contributed by atoms with Crippen molar-refractivity contribution in [3.05, 3.63) is 23.8 Å². The lowest BCUT2D eigenvalue weighted by molar-refractivity contribution is 0.151. The van der Waals surface area contributed by atoms with E-state index in [0.717, 1.165) is 29.4 Å². The zero-order valence-electron chi connectivity index (χ0n) is 6.99. The van der Waals surface area contributed by atoms with Crippen LogP contribution in [0, 0.1) is 0 Å². The number of rotatable bonds is 1. The van der Waals surface area contributed by atoms with Crippen molar-refractivity contribution in [2.75, 3.05) is 0 Å². The van der Waals surface area contributed by atoms with Crippen LogP contribution in [0.25, 0.3) is 11.0 Å². The van der Waals surface area contributed by atoms with Gasteiger partial charge in [-0.2, -0.15) is 15.4 Å². The van der Waals surface area contributed by atoms with Gasteiger partial charge in [0.2, 0.25) is 0 Å². The lowest BCUT2D eigenvalue weighted by atomic mass is 10.1. The van der Waals surface area contributed by atoms with Gasteiger partial charge in [-0.15, -0.1) is 0 Å². The maximum absolute atomic E-state index is 9.84. The van der Waals surface area contributed by atoms with E-state index >= 15 is 0 Å². The first-order chi connectivity index (χ1) is 6.28. The molecule has 0 unspecified atom stereocenters. The Kier molecular flexibility index (Phi) is 1.13. The Balaban J connectivity index is 2.20. The van der Waals surface area contributed by atoms with E-state index in [-0.39, 0.29) is 0 Å². The highest BCUT2D eigenvalue weighted by Crippen LogP contribution is 2.45. The summed E-state index contributed by atoms with van der Waals surface area (Å²) >= 11 is 0. The van der Waals surface area contributed by atoms with Gasteiger partial charge in [-0.1, -0.05) is 6.07 Å². The Labute approximate surface area is 74.6 Å². The third kappa shape index (κ3) is 0.954. The molecule has 1 fully saturated rings. The van der Waals surface area contributed by atoms with Crippen molar-refractivity contribution < 1.29 is 5.11 Å².